The molecule has 0 radical (unpaired) electrons. The van der Waals surface area contributed by atoms with Crippen LogP contribution in [0, 0.1) is 17.3 Å². The van der Waals surface area contributed by atoms with Gasteiger partial charge in [-0.05, 0) is 43.1 Å². The normalized spacial score (nSPS) is 22.8. The maximum atomic E-state index is 12.2. The number of hydrogen-bond acceptors (Lipinski definition) is 2. The SMILES string of the molecule is CC(C)(C)C1CCC(C(=O)NCc2ccccc2O)CC1. The number of phenols is 1. The van der Waals surface area contributed by atoms with Gasteiger partial charge in [0.2, 0.25) is 5.91 Å². The summed E-state index contributed by atoms with van der Waals surface area (Å²) in [4.78, 5) is 12.2. The summed E-state index contributed by atoms with van der Waals surface area (Å²) in [6, 6.07) is 7.15. The van der Waals surface area contributed by atoms with Crippen molar-refractivity contribution in [3.63, 3.8) is 0 Å². The molecule has 1 aliphatic rings. The van der Waals surface area contributed by atoms with E-state index in [-0.39, 0.29) is 17.6 Å². The highest BCUT2D eigenvalue weighted by Crippen LogP contribution is 2.39. The minimum atomic E-state index is 0.130. The Hall–Kier alpha value is -1.51. The Labute approximate surface area is 127 Å². The van der Waals surface area contributed by atoms with Crippen molar-refractivity contribution in [2.75, 3.05) is 0 Å². The van der Waals surface area contributed by atoms with Crippen LogP contribution in [0.3, 0.4) is 0 Å². The first-order valence-corrected chi connectivity index (χ1v) is 7.92. The zero-order valence-electron chi connectivity index (χ0n) is 13.4. The fourth-order valence-corrected chi connectivity index (χ4v) is 3.21. The molecule has 0 spiro atoms. The number of carbonyl (C=O) groups is 1. The molecule has 0 heterocycles. The van der Waals surface area contributed by atoms with Gasteiger partial charge in [-0.25, -0.2) is 0 Å². The van der Waals surface area contributed by atoms with Crippen LogP contribution in [0.25, 0.3) is 0 Å². The summed E-state index contributed by atoms with van der Waals surface area (Å²) in [6.07, 6.45) is 4.24. The number of amides is 1. The zero-order chi connectivity index (χ0) is 15.5. The molecule has 116 valence electrons. The minimum Gasteiger partial charge on any atom is -0.508 e. The molecule has 1 aromatic carbocycles. The van der Waals surface area contributed by atoms with Gasteiger partial charge in [0.05, 0.1) is 0 Å². The third kappa shape index (κ3) is 4.23. The monoisotopic (exact) mass is 289 g/mol. The van der Waals surface area contributed by atoms with Gasteiger partial charge >= 0.3 is 0 Å². The Morgan fingerprint density at radius 1 is 1.19 bits per heavy atom. The van der Waals surface area contributed by atoms with Crippen molar-refractivity contribution in [1.29, 1.82) is 0 Å². The summed E-state index contributed by atoms with van der Waals surface area (Å²) in [5.74, 6) is 1.23. The topological polar surface area (TPSA) is 49.3 Å². The van der Waals surface area contributed by atoms with E-state index in [9.17, 15) is 9.90 Å². The molecule has 2 N–H and O–H groups in total. The summed E-state index contributed by atoms with van der Waals surface area (Å²) in [5.41, 5.74) is 1.12. The maximum absolute atomic E-state index is 12.2. The third-order valence-corrected chi connectivity index (χ3v) is 4.77. The summed E-state index contributed by atoms with van der Waals surface area (Å²) in [5, 5.41) is 12.7. The molecule has 0 atom stereocenters. The van der Waals surface area contributed by atoms with Crippen LogP contribution in [0.4, 0.5) is 0 Å². The second kappa shape index (κ2) is 6.50. The van der Waals surface area contributed by atoms with Crippen molar-refractivity contribution in [3.05, 3.63) is 29.8 Å². The van der Waals surface area contributed by atoms with E-state index < -0.39 is 0 Å². The van der Waals surface area contributed by atoms with Crippen LogP contribution in [0.1, 0.15) is 52.0 Å². The van der Waals surface area contributed by atoms with Crippen LogP contribution < -0.4 is 5.32 Å². The molecule has 0 aromatic heterocycles. The highest BCUT2D eigenvalue weighted by Gasteiger charge is 2.32. The predicted octanol–water partition coefficient (Wildman–Crippen LogP) is 3.86. The van der Waals surface area contributed by atoms with E-state index in [0.29, 0.717) is 12.0 Å². The van der Waals surface area contributed by atoms with Crippen molar-refractivity contribution in [2.24, 2.45) is 17.3 Å². The van der Waals surface area contributed by atoms with Gasteiger partial charge in [0.25, 0.3) is 0 Å². The Morgan fingerprint density at radius 3 is 2.38 bits per heavy atom. The molecular formula is C18H27NO2. The van der Waals surface area contributed by atoms with Gasteiger partial charge in [0.15, 0.2) is 0 Å². The van der Waals surface area contributed by atoms with Crippen LogP contribution >= 0.6 is 0 Å². The lowest BCUT2D eigenvalue weighted by atomic mass is 9.69. The maximum Gasteiger partial charge on any atom is 0.223 e. The van der Waals surface area contributed by atoms with Gasteiger partial charge in [-0.2, -0.15) is 0 Å². The van der Waals surface area contributed by atoms with Crippen LogP contribution in [0.5, 0.6) is 5.75 Å². The molecule has 0 aliphatic heterocycles. The third-order valence-electron chi connectivity index (χ3n) is 4.77. The number of nitrogens with one attached hydrogen (secondary N) is 1. The van der Waals surface area contributed by atoms with Gasteiger partial charge in [0, 0.05) is 18.0 Å². The Bertz CT molecular complexity index is 482. The molecule has 1 aromatic rings. The van der Waals surface area contributed by atoms with E-state index in [2.05, 4.69) is 26.1 Å². The van der Waals surface area contributed by atoms with E-state index in [1.165, 1.54) is 0 Å². The molecule has 3 heteroatoms. The summed E-state index contributed by atoms with van der Waals surface area (Å²) < 4.78 is 0. The molecule has 0 saturated heterocycles. The molecule has 1 aliphatic carbocycles. The van der Waals surface area contributed by atoms with E-state index in [0.717, 1.165) is 37.2 Å². The number of phenolic OH excluding ortho intramolecular Hbond substituents is 1. The molecule has 1 saturated carbocycles. The number of carbonyl (C=O) groups excluding carboxylic acids is 1. The van der Waals surface area contributed by atoms with Crippen molar-refractivity contribution >= 4 is 5.91 Å². The lowest BCUT2D eigenvalue weighted by Crippen LogP contribution is -2.35. The standard InChI is InChI=1S/C18H27NO2/c1-18(2,3)15-10-8-13(9-11-15)17(21)19-12-14-6-4-5-7-16(14)20/h4-7,13,15,20H,8-12H2,1-3H3,(H,19,21). The first-order valence-electron chi connectivity index (χ1n) is 7.92. The Kier molecular flexibility index (Phi) is 4.92. The quantitative estimate of drug-likeness (QED) is 0.887. The van der Waals surface area contributed by atoms with E-state index in [4.69, 9.17) is 0 Å². The molecule has 0 unspecified atom stereocenters. The minimum absolute atomic E-state index is 0.130. The largest absolute Gasteiger partial charge is 0.508 e. The molecule has 0 bridgehead atoms. The van der Waals surface area contributed by atoms with Crippen molar-refractivity contribution in [1.82, 2.24) is 5.32 Å². The number of benzene rings is 1. The summed E-state index contributed by atoms with van der Waals surface area (Å²) in [6.45, 7) is 7.27. The number of aromatic hydroxyl groups is 1. The number of rotatable bonds is 3. The number of para-hydroxylation sites is 1. The Balaban J connectivity index is 1.82. The van der Waals surface area contributed by atoms with Crippen molar-refractivity contribution < 1.29 is 9.90 Å². The smallest absolute Gasteiger partial charge is 0.223 e. The Morgan fingerprint density at radius 2 is 1.81 bits per heavy atom. The second-order valence-electron chi connectivity index (χ2n) is 7.26. The van der Waals surface area contributed by atoms with E-state index >= 15 is 0 Å². The summed E-state index contributed by atoms with van der Waals surface area (Å²) in [7, 11) is 0. The highest BCUT2D eigenvalue weighted by molar-refractivity contribution is 5.78. The highest BCUT2D eigenvalue weighted by atomic mass is 16.3. The number of hydrogen-bond donors (Lipinski definition) is 2. The van der Waals surface area contributed by atoms with E-state index in [1.54, 1.807) is 12.1 Å². The molecule has 1 fully saturated rings. The van der Waals surface area contributed by atoms with Crippen LogP contribution in [-0.4, -0.2) is 11.0 Å². The lowest BCUT2D eigenvalue weighted by molar-refractivity contribution is -0.126. The second-order valence-corrected chi connectivity index (χ2v) is 7.26. The van der Waals surface area contributed by atoms with Gasteiger partial charge < -0.3 is 10.4 Å². The molecular weight excluding hydrogens is 262 g/mol. The fourth-order valence-electron chi connectivity index (χ4n) is 3.21. The lowest BCUT2D eigenvalue weighted by Gasteiger charge is -2.36. The van der Waals surface area contributed by atoms with Crippen molar-refractivity contribution in [3.8, 4) is 5.75 Å². The van der Waals surface area contributed by atoms with Crippen molar-refractivity contribution in [2.45, 2.75) is 53.0 Å². The fraction of sp³-hybridized carbons (Fsp3) is 0.611. The first kappa shape index (κ1) is 15.9. The first-order chi connectivity index (χ1) is 9.88. The molecule has 21 heavy (non-hydrogen) atoms. The molecule has 3 nitrogen and oxygen atoms in total. The average Bonchev–Trinajstić information content (AvgIpc) is 2.45. The van der Waals surface area contributed by atoms with E-state index in [1.807, 2.05) is 12.1 Å². The van der Waals surface area contributed by atoms with Crippen LogP contribution in [-0.2, 0) is 11.3 Å². The summed E-state index contributed by atoms with van der Waals surface area (Å²) >= 11 is 0. The van der Waals surface area contributed by atoms with Gasteiger partial charge in [-0.1, -0.05) is 39.0 Å². The van der Waals surface area contributed by atoms with Gasteiger partial charge in [-0.3, -0.25) is 4.79 Å². The predicted molar refractivity (Wildman–Crippen MR) is 84.9 cm³/mol. The van der Waals surface area contributed by atoms with Gasteiger partial charge in [-0.15, -0.1) is 0 Å². The van der Waals surface area contributed by atoms with Gasteiger partial charge in [0.1, 0.15) is 5.75 Å². The van der Waals surface area contributed by atoms with Crippen LogP contribution in [0.15, 0.2) is 24.3 Å². The zero-order valence-corrected chi connectivity index (χ0v) is 13.4. The molecule has 2 rings (SSSR count). The molecule has 1 amide bonds. The van der Waals surface area contributed by atoms with Crippen LogP contribution in [0.2, 0.25) is 0 Å². The average molecular weight is 289 g/mol.